The largest absolute Gasteiger partial charge is 0.487 e. The highest BCUT2D eigenvalue weighted by molar-refractivity contribution is 6.30. The van der Waals surface area contributed by atoms with Crippen LogP contribution in [0.15, 0.2) is 18.2 Å². The second-order valence-corrected chi connectivity index (χ2v) is 4.78. The molecule has 0 saturated heterocycles. The molecule has 2 rings (SSSR count). The van der Waals surface area contributed by atoms with Gasteiger partial charge in [-0.2, -0.15) is 5.10 Å². The van der Waals surface area contributed by atoms with Crippen molar-refractivity contribution >= 4 is 17.5 Å². The Kier molecular flexibility index (Phi) is 4.26. The van der Waals surface area contributed by atoms with Crippen LogP contribution in [0.2, 0.25) is 5.02 Å². The number of benzene rings is 1. The van der Waals surface area contributed by atoms with E-state index in [2.05, 4.69) is 15.6 Å². The number of nitrogens with one attached hydrogen (secondary N) is 2. The first-order chi connectivity index (χ1) is 9.52. The van der Waals surface area contributed by atoms with Gasteiger partial charge in [0.1, 0.15) is 18.1 Å². The van der Waals surface area contributed by atoms with Gasteiger partial charge in [-0.15, -0.1) is 0 Å². The lowest BCUT2D eigenvalue weighted by atomic mass is 10.2. The lowest BCUT2D eigenvalue weighted by molar-refractivity contribution is 0.0950. The zero-order valence-corrected chi connectivity index (χ0v) is 11.9. The van der Waals surface area contributed by atoms with Crippen LogP contribution in [-0.2, 0) is 6.61 Å². The maximum atomic E-state index is 11.7. The first-order valence-electron chi connectivity index (χ1n) is 5.96. The molecule has 1 amide bonds. The smallest absolute Gasteiger partial charge is 0.269 e. The van der Waals surface area contributed by atoms with Gasteiger partial charge in [-0.25, -0.2) is 5.84 Å². The first-order valence-corrected chi connectivity index (χ1v) is 6.34. The van der Waals surface area contributed by atoms with Crippen LogP contribution in [0.1, 0.15) is 27.3 Å². The molecule has 0 aliphatic carbocycles. The van der Waals surface area contributed by atoms with Gasteiger partial charge < -0.3 is 4.74 Å². The number of nitrogen functional groups attached to an aromatic ring is 1. The molecule has 0 bridgehead atoms. The van der Waals surface area contributed by atoms with Gasteiger partial charge in [-0.3, -0.25) is 15.3 Å². The van der Waals surface area contributed by atoms with E-state index in [1.165, 1.54) is 0 Å². The Morgan fingerprint density at radius 1 is 1.50 bits per heavy atom. The monoisotopic (exact) mass is 294 g/mol. The van der Waals surface area contributed by atoms with Crippen molar-refractivity contribution in [3.05, 3.63) is 45.7 Å². The van der Waals surface area contributed by atoms with Crippen LogP contribution in [0.25, 0.3) is 0 Å². The number of carbonyl (C=O) groups excluding carboxylic acids is 1. The Morgan fingerprint density at radius 2 is 2.25 bits per heavy atom. The average Bonchev–Trinajstić information content (AvgIpc) is 2.78. The number of nitrogens with zero attached hydrogens (tertiary/aromatic N) is 1. The van der Waals surface area contributed by atoms with Gasteiger partial charge in [0.25, 0.3) is 5.91 Å². The Balaban J connectivity index is 2.17. The van der Waals surface area contributed by atoms with Gasteiger partial charge in [0.15, 0.2) is 0 Å². The van der Waals surface area contributed by atoms with E-state index >= 15 is 0 Å². The molecule has 2 aromatic rings. The zero-order chi connectivity index (χ0) is 14.7. The molecular formula is C13H15ClN4O2. The zero-order valence-electron chi connectivity index (χ0n) is 11.2. The summed E-state index contributed by atoms with van der Waals surface area (Å²) < 4.78 is 5.66. The van der Waals surface area contributed by atoms with Crippen LogP contribution in [0.4, 0.5) is 0 Å². The van der Waals surface area contributed by atoms with Crippen molar-refractivity contribution < 1.29 is 9.53 Å². The van der Waals surface area contributed by atoms with E-state index in [0.717, 1.165) is 5.56 Å². The van der Waals surface area contributed by atoms with Gasteiger partial charge in [0, 0.05) is 10.7 Å². The fraction of sp³-hybridized carbons (Fsp3) is 0.231. The Labute approximate surface area is 121 Å². The Morgan fingerprint density at radius 3 is 2.90 bits per heavy atom. The number of H-pyrrole nitrogens is 1. The van der Waals surface area contributed by atoms with Gasteiger partial charge in [-0.1, -0.05) is 11.6 Å². The van der Waals surface area contributed by atoms with Crippen LogP contribution in [-0.4, -0.2) is 16.1 Å². The summed E-state index contributed by atoms with van der Waals surface area (Å²) >= 11 is 5.88. The second-order valence-electron chi connectivity index (χ2n) is 4.34. The number of aromatic amines is 1. The number of hydrogen-bond donors (Lipinski definition) is 3. The molecule has 0 radical (unpaired) electrons. The molecule has 1 aromatic heterocycles. The van der Waals surface area contributed by atoms with Gasteiger partial charge >= 0.3 is 0 Å². The van der Waals surface area contributed by atoms with Crippen LogP contribution < -0.4 is 16.0 Å². The van der Waals surface area contributed by atoms with Crippen molar-refractivity contribution in [3.63, 3.8) is 0 Å². The molecule has 0 unspecified atom stereocenters. The summed E-state index contributed by atoms with van der Waals surface area (Å²) in [6.07, 6.45) is 0. The Hall–Kier alpha value is -2.05. The van der Waals surface area contributed by atoms with Crippen molar-refractivity contribution in [3.8, 4) is 5.75 Å². The number of hydrogen-bond acceptors (Lipinski definition) is 4. The highest BCUT2D eigenvalue weighted by Crippen LogP contribution is 2.23. The molecule has 0 saturated carbocycles. The minimum Gasteiger partial charge on any atom is -0.487 e. The van der Waals surface area contributed by atoms with Gasteiger partial charge in [-0.05, 0) is 37.6 Å². The van der Waals surface area contributed by atoms with Crippen molar-refractivity contribution in [2.75, 3.05) is 0 Å². The van der Waals surface area contributed by atoms with E-state index in [1.54, 1.807) is 25.1 Å². The molecular weight excluding hydrogens is 280 g/mol. The van der Waals surface area contributed by atoms with Crippen LogP contribution in [0.3, 0.4) is 0 Å². The maximum absolute atomic E-state index is 11.7. The molecule has 0 aliphatic heterocycles. The number of aromatic nitrogens is 2. The topological polar surface area (TPSA) is 93.0 Å². The number of amides is 1. The normalized spacial score (nSPS) is 10.4. The molecule has 20 heavy (non-hydrogen) atoms. The van der Waals surface area contributed by atoms with Gasteiger partial charge in [0.2, 0.25) is 0 Å². The summed E-state index contributed by atoms with van der Waals surface area (Å²) in [6.45, 7) is 3.80. The number of carbonyl (C=O) groups is 1. The molecule has 4 N–H and O–H groups in total. The predicted octanol–water partition coefficient (Wildman–Crippen LogP) is 1.86. The molecule has 7 heteroatoms. The molecule has 0 atom stereocenters. The number of hydrazine groups is 1. The molecule has 0 aliphatic rings. The lowest BCUT2D eigenvalue weighted by Gasteiger charge is -2.09. The lowest BCUT2D eigenvalue weighted by Crippen LogP contribution is -2.31. The van der Waals surface area contributed by atoms with E-state index < -0.39 is 5.91 Å². The van der Waals surface area contributed by atoms with Crippen LogP contribution in [0, 0.1) is 13.8 Å². The summed E-state index contributed by atoms with van der Waals surface area (Å²) in [7, 11) is 0. The molecule has 0 spiro atoms. The van der Waals surface area contributed by atoms with E-state index in [4.69, 9.17) is 22.2 Å². The minimum absolute atomic E-state index is 0.162. The van der Waals surface area contributed by atoms with E-state index in [0.29, 0.717) is 27.7 Å². The summed E-state index contributed by atoms with van der Waals surface area (Å²) in [4.78, 5) is 11.7. The maximum Gasteiger partial charge on any atom is 0.269 e. The number of ether oxygens (including phenoxy) is 1. The summed E-state index contributed by atoms with van der Waals surface area (Å²) in [5.74, 6) is 5.44. The van der Waals surface area contributed by atoms with E-state index in [9.17, 15) is 4.79 Å². The number of nitrogens with two attached hydrogens (primary N) is 1. The van der Waals surface area contributed by atoms with Crippen LogP contribution in [0.5, 0.6) is 5.75 Å². The number of rotatable bonds is 4. The van der Waals surface area contributed by atoms with Crippen molar-refractivity contribution in [2.45, 2.75) is 20.5 Å². The Bertz CT molecular complexity index is 639. The molecule has 1 heterocycles. The van der Waals surface area contributed by atoms with E-state index in [1.807, 2.05) is 6.92 Å². The highest BCUT2D eigenvalue weighted by Gasteiger charge is 2.17. The molecule has 6 nitrogen and oxygen atoms in total. The first kappa shape index (κ1) is 14.4. The van der Waals surface area contributed by atoms with Crippen molar-refractivity contribution in [2.24, 2.45) is 5.84 Å². The van der Waals surface area contributed by atoms with E-state index in [-0.39, 0.29) is 6.61 Å². The predicted molar refractivity (Wildman–Crippen MR) is 75.5 cm³/mol. The minimum atomic E-state index is -0.400. The fourth-order valence-electron chi connectivity index (χ4n) is 1.88. The summed E-state index contributed by atoms with van der Waals surface area (Å²) in [5.41, 5.74) is 4.55. The molecule has 0 fully saturated rings. The second kappa shape index (κ2) is 5.94. The summed E-state index contributed by atoms with van der Waals surface area (Å²) in [5, 5.41) is 7.45. The molecule has 1 aromatic carbocycles. The third kappa shape index (κ3) is 2.92. The van der Waals surface area contributed by atoms with Crippen LogP contribution >= 0.6 is 11.6 Å². The quantitative estimate of drug-likeness (QED) is 0.456. The van der Waals surface area contributed by atoms with Crippen molar-refractivity contribution in [1.82, 2.24) is 15.6 Å². The van der Waals surface area contributed by atoms with Crippen molar-refractivity contribution in [1.29, 1.82) is 0 Å². The third-order valence-corrected chi connectivity index (χ3v) is 3.12. The number of halogens is 1. The highest BCUT2D eigenvalue weighted by atomic mass is 35.5. The fourth-order valence-corrected chi connectivity index (χ4v) is 2.11. The summed E-state index contributed by atoms with van der Waals surface area (Å²) in [6, 6.07) is 5.33. The number of aryl methyl sites for hydroxylation is 2. The average molecular weight is 295 g/mol. The van der Waals surface area contributed by atoms with Gasteiger partial charge in [0.05, 0.1) is 5.56 Å². The standard InChI is InChI=1S/C13H15ClN4O2/c1-7-5-9(14)3-4-11(7)20-6-10-12(13(19)16-15)8(2)17-18-10/h3-5H,6,15H2,1-2H3,(H,16,19)(H,17,18). The SMILES string of the molecule is Cc1cc(Cl)ccc1OCc1n[nH]c(C)c1C(=O)NN. The molecule has 106 valence electrons. The third-order valence-electron chi connectivity index (χ3n) is 2.88.